The molecule has 1 amide bonds. The van der Waals surface area contributed by atoms with E-state index < -0.39 is 0 Å². The van der Waals surface area contributed by atoms with Gasteiger partial charge >= 0.3 is 0 Å². The fourth-order valence-electron chi connectivity index (χ4n) is 4.31. The molecule has 2 aliphatic rings. The molecule has 1 fully saturated rings. The lowest BCUT2D eigenvalue weighted by Crippen LogP contribution is -2.50. The van der Waals surface area contributed by atoms with Crippen molar-refractivity contribution in [3.05, 3.63) is 59.7 Å². The second-order valence-corrected chi connectivity index (χ2v) is 7.85. The van der Waals surface area contributed by atoms with E-state index in [2.05, 4.69) is 47.1 Å². The SMILES string of the molecule is COc1ccc(CN2CCN(CC(=O)N3c4ccccc4C[C@@H]3C)CC2)cc1. The monoisotopic (exact) mass is 379 g/mol. The molecule has 0 aliphatic carbocycles. The highest BCUT2D eigenvalue weighted by molar-refractivity contribution is 5.97. The molecule has 0 spiro atoms. The number of methoxy groups -OCH3 is 1. The first kappa shape index (κ1) is 19.0. The fourth-order valence-corrected chi connectivity index (χ4v) is 4.31. The van der Waals surface area contributed by atoms with E-state index in [1.807, 2.05) is 23.1 Å². The fraction of sp³-hybridized carbons (Fsp3) is 0.435. The van der Waals surface area contributed by atoms with Gasteiger partial charge in [-0.1, -0.05) is 30.3 Å². The Morgan fingerprint density at radius 2 is 1.68 bits per heavy atom. The quantitative estimate of drug-likeness (QED) is 0.800. The minimum Gasteiger partial charge on any atom is -0.497 e. The maximum Gasteiger partial charge on any atom is 0.241 e. The molecule has 0 N–H and O–H groups in total. The predicted molar refractivity (Wildman–Crippen MR) is 112 cm³/mol. The van der Waals surface area contributed by atoms with Crippen molar-refractivity contribution in [2.45, 2.75) is 25.9 Å². The number of benzene rings is 2. The maximum absolute atomic E-state index is 13.0. The molecule has 0 saturated carbocycles. The van der Waals surface area contributed by atoms with Crippen LogP contribution in [0.15, 0.2) is 48.5 Å². The summed E-state index contributed by atoms with van der Waals surface area (Å²) in [5.41, 5.74) is 3.68. The lowest BCUT2D eigenvalue weighted by atomic mass is 10.1. The van der Waals surface area contributed by atoms with Crippen LogP contribution in [-0.4, -0.2) is 61.6 Å². The number of piperazine rings is 1. The van der Waals surface area contributed by atoms with Crippen LogP contribution in [0.5, 0.6) is 5.75 Å². The number of anilines is 1. The van der Waals surface area contributed by atoms with Crippen molar-refractivity contribution in [3.8, 4) is 5.75 Å². The van der Waals surface area contributed by atoms with Crippen molar-refractivity contribution in [1.29, 1.82) is 0 Å². The number of carbonyl (C=O) groups excluding carboxylic acids is 1. The first-order valence-electron chi connectivity index (χ1n) is 10.1. The second kappa shape index (κ2) is 8.33. The van der Waals surface area contributed by atoms with Crippen LogP contribution >= 0.6 is 0 Å². The first-order chi connectivity index (χ1) is 13.6. The van der Waals surface area contributed by atoms with Gasteiger partial charge in [-0.05, 0) is 42.7 Å². The van der Waals surface area contributed by atoms with E-state index >= 15 is 0 Å². The first-order valence-corrected chi connectivity index (χ1v) is 10.1. The molecule has 0 unspecified atom stereocenters. The molecule has 5 nitrogen and oxygen atoms in total. The highest BCUT2D eigenvalue weighted by Gasteiger charge is 2.31. The number of fused-ring (bicyclic) bond motifs is 1. The van der Waals surface area contributed by atoms with Crippen LogP contribution in [-0.2, 0) is 17.8 Å². The molecule has 0 radical (unpaired) electrons. The van der Waals surface area contributed by atoms with Crippen LogP contribution in [0.3, 0.4) is 0 Å². The molecule has 148 valence electrons. The van der Waals surface area contributed by atoms with Crippen molar-refractivity contribution in [3.63, 3.8) is 0 Å². The van der Waals surface area contributed by atoms with Crippen molar-refractivity contribution in [2.75, 3.05) is 44.7 Å². The van der Waals surface area contributed by atoms with Gasteiger partial charge in [0.15, 0.2) is 0 Å². The molecule has 2 aromatic carbocycles. The summed E-state index contributed by atoms with van der Waals surface area (Å²) in [7, 11) is 1.69. The Morgan fingerprint density at radius 1 is 1.00 bits per heavy atom. The van der Waals surface area contributed by atoms with Crippen molar-refractivity contribution < 1.29 is 9.53 Å². The molecule has 1 saturated heterocycles. The average Bonchev–Trinajstić information content (AvgIpc) is 3.06. The number of para-hydroxylation sites is 1. The number of nitrogens with zero attached hydrogens (tertiary/aromatic N) is 3. The summed E-state index contributed by atoms with van der Waals surface area (Å²) in [5, 5.41) is 0. The van der Waals surface area contributed by atoms with Crippen LogP contribution < -0.4 is 9.64 Å². The number of hydrogen-bond acceptors (Lipinski definition) is 4. The van der Waals surface area contributed by atoms with Crippen molar-refractivity contribution in [2.24, 2.45) is 0 Å². The summed E-state index contributed by atoms with van der Waals surface area (Å²) >= 11 is 0. The molecule has 2 heterocycles. The summed E-state index contributed by atoms with van der Waals surface area (Å²) in [6.45, 7) is 7.45. The average molecular weight is 380 g/mol. The smallest absolute Gasteiger partial charge is 0.241 e. The maximum atomic E-state index is 13.0. The molecule has 4 rings (SSSR count). The molecule has 2 aliphatic heterocycles. The van der Waals surface area contributed by atoms with E-state index in [-0.39, 0.29) is 11.9 Å². The van der Waals surface area contributed by atoms with Crippen LogP contribution in [0.2, 0.25) is 0 Å². The van der Waals surface area contributed by atoms with Gasteiger partial charge in [0, 0.05) is 44.5 Å². The minimum atomic E-state index is 0.223. The Balaban J connectivity index is 1.29. The lowest BCUT2D eigenvalue weighted by Gasteiger charge is -2.35. The number of ether oxygens (including phenoxy) is 1. The van der Waals surface area contributed by atoms with Crippen LogP contribution in [0.1, 0.15) is 18.1 Å². The minimum absolute atomic E-state index is 0.223. The van der Waals surface area contributed by atoms with Gasteiger partial charge in [-0.2, -0.15) is 0 Å². The molecule has 0 bridgehead atoms. The molecule has 28 heavy (non-hydrogen) atoms. The highest BCUT2D eigenvalue weighted by atomic mass is 16.5. The van der Waals surface area contributed by atoms with E-state index in [0.29, 0.717) is 6.54 Å². The number of carbonyl (C=O) groups is 1. The standard InChI is InChI=1S/C23H29N3O2/c1-18-15-20-5-3-4-6-22(20)26(18)23(27)17-25-13-11-24(12-14-25)16-19-7-9-21(28-2)10-8-19/h3-10,18H,11-17H2,1-2H3/t18-/m0/s1. The number of amides is 1. The molecule has 2 aromatic rings. The van der Waals surface area contributed by atoms with Gasteiger partial charge in [0.2, 0.25) is 5.91 Å². The van der Waals surface area contributed by atoms with E-state index in [0.717, 1.165) is 50.6 Å². The Hall–Kier alpha value is -2.37. The Labute approximate surface area is 167 Å². The Morgan fingerprint density at radius 3 is 2.39 bits per heavy atom. The molecular formula is C23H29N3O2. The van der Waals surface area contributed by atoms with Gasteiger partial charge in [0.25, 0.3) is 0 Å². The third-order valence-electron chi connectivity index (χ3n) is 5.86. The summed E-state index contributed by atoms with van der Waals surface area (Å²) < 4.78 is 5.23. The van der Waals surface area contributed by atoms with Crippen LogP contribution in [0.4, 0.5) is 5.69 Å². The van der Waals surface area contributed by atoms with E-state index in [1.165, 1.54) is 11.1 Å². The molecular weight excluding hydrogens is 350 g/mol. The van der Waals surface area contributed by atoms with Gasteiger partial charge in [-0.25, -0.2) is 0 Å². The van der Waals surface area contributed by atoms with Gasteiger partial charge in [-0.3, -0.25) is 14.6 Å². The second-order valence-electron chi connectivity index (χ2n) is 7.85. The topological polar surface area (TPSA) is 36.0 Å². The van der Waals surface area contributed by atoms with E-state index in [1.54, 1.807) is 7.11 Å². The molecule has 5 heteroatoms. The zero-order valence-electron chi connectivity index (χ0n) is 16.8. The summed E-state index contributed by atoms with van der Waals surface area (Å²) in [5.74, 6) is 1.12. The summed E-state index contributed by atoms with van der Waals surface area (Å²) in [4.78, 5) is 19.7. The third-order valence-corrected chi connectivity index (χ3v) is 5.86. The summed E-state index contributed by atoms with van der Waals surface area (Å²) in [6, 6.07) is 16.8. The number of rotatable bonds is 5. The Kier molecular flexibility index (Phi) is 5.64. The molecule has 0 aromatic heterocycles. The normalized spacial score (nSPS) is 20.2. The van der Waals surface area contributed by atoms with Crippen LogP contribution in [0.25, 0.3) is 0 Å². The van der Waals surface area contributed by atoms with Crippen molar-refractivity contribution in [1.82, 2.24) is 9.80 Å². The van der Waals surface area contributed by atoms with Gasteiger partial charge in [0.1, 0.15) is 5.75 Å². The Bertz CT molecular complexity index is 813. The van der Waals surface area contributed by atoms with Gasteiger partial charge in [-0.15, -0.1) is 0 Å². The van der Waals surface area contributed by atoms with Crippen molar-refractivity contribution >= 4 is 11.6 Å². The van der Waals surface area contributed by atoms with Crippen LogP contribution in [0, 0.1) is 0 Å². The highest BCUT2D eigenvalue weighted by Crippen LogP contribution is 2.31. The third kappa shape index (κ3) is 4.05. The van der Waals surface area contributed by atoms with E-state index in [4.69, 9.17) is 4.74 Å². The molecule has 1 atom stereocenters. The predicted octanol–water partition coefficient (Wildman–Crippen LogP) is 2.79. The van der Waals surface area contributed by atoms with Gasteiger partial charge in [0.05, 0.1) is 13.7 Å². The summed E-state index contributed by atoms with van der Waals surface area (Å²) in [6.07, 6.45) is 0.956. The largest absolute Gasteiger partial charge is 0.497 e. The number of hydrogen-bond donors (Lipinski definition) is 0. The zero-order valence-corrected chi connectivity index (χ0v) is 16.8. The zero-order chi connectivity index (χ0) is 19.5. The van der Waals surface area contributed by atoms with Gasteiger partial charge < -0.3 is 9.64 Å². The van der Waals surface area contributed by atoms with E-state index in [9.17, 15) is 4.79 Å². The lowest BCUT2D eigenvalue weighted by molar-refractivity contribution is -0.120.